The van der Waals surface area contributed by atoms with Crippen LogP contribution in [0.25, 0.3) is 0 Å². The van der Waals surface area contributed by atoms with Crippen LogP contribution in [0.4, 0.5) is 0 Å². The molecule has 0 N–H and O–H groups in total. The van der Waals surface area contributed by atoms with Crippen LogP contribution in [0, 0.1) is 0 Å². The maximum Gasteiger partial charge on any atom is 0.243 e. The second-order valence-electron chi connectivity index (χ2n) is 5.32. The van der Waals surface area contributed by atoms with Gasteiger partial charge in [0.05, 0.1) is 14.9 Å². The largest absolute Gasteiger partial charge is 0.339 e. The third-order valence-electron chi connectivity index (χ3n) is 3.81. The number of hydrogen-bond donors (Lipinski definition) is 0. The molecule has 1 aromatic heterocycles. The van der Waals surface area contributed by atoms with E-state index < -0.39 is 10.0 Å². The van der Waals surface area contributed by atoms with Gasteiger partial charge in [0, 0.05) is 26.2 Å². The normalized spacial score (nSPS) is 16.2. The third-order valence-corrected chi connectivity index (χ3v) is 7.83. The van der Waals surface area contributed by atoms with Gasteiger partial charge >= 0.3 is 0 Å². The molecule has 24 heavy (non-hydrogen) atoms. The molecule has 5 nitrogen and oxygen atoms in total. The molecule has 1 aromatic carbocycles. The van der Waals surface area contributed by atoms with E-state index in [2.05, 4.69) is 0 Å². The quantitative estimate of drug-likeness (QED) is 0.745. The zero-order valence-electron chi connectivity index (χ0n) is 13.0. The Bertz CT molecular complexity index is 768. The number of carbonyl (C=O) groups is 1. The molecule has 128 valence electrons. The fourth-order valence-electron chi connectivity index (χ4n) is 2.49. The monoisotopic (exact) mass is 382 g/mol. The lowest BCUT2D eigenvalue weighted by Crippen LogP contribution is -2.50. The van der Waals surface area contributed by atoms with Crippen LogP contribution >= 0.6 is 23.1 Å². The van der Waals surface area contributed by atoms with E-state index in [1.807, 2.05) is 17.5 Å². The molecule has 0 spiro atoms. The van der Waals surface area contributed by atoms with Gasteiger partial charge in [-0.25, -0.2) is 8.42 Å². The second kappa shape index (κ2) is 7.69. The number of thioether (sulfide) groups is 1. The summed E-state index contributed by atoms with van der Waals surface area (Å²) >= 11 is 3.15. The number of carbonyl (C=O) groups excluding carboxylic acids is 1. The van der Waals surface area contributed by atoms with Crippen LogP contribution in [0.15, 0.2) is 56.9 Å². The Morgan fingerprint density at radius 1 is 1.04 bits per heavy atom. The highest BCUT2D eigenvalue weighted by molar-refractivity contribution is 8.01. The predicted octanol–water partition coefficient (Wildman–Crippen LogP) is 2.37. The molecule has 3 rings (SSSR count). The van der Waals surface area contributed by atoms with Gasteiger partial charge in [0.2, 0.25) is 15.9 Å². The molecule has 8 heteroatoms. The van der Waals surface area contributed by atoms with E-state index in [-0.39, 0.29) is 5.91 Å². The fourth-order valence-corrected chi connectivity index (χ4v) is 5.62. The minimum atomic E-state index is -3.47. The molecule has 0 aliphatic carbocycles. The Hall–Kier alpha value is -1.35. The fraction of sp³-hybridized carbons (Fsp3) is 0.312. The van der Waals surface area contributed by atoms with Crippen molar-refractivity contribution in [1.82, 2.24) is 9.21 Å². The van der Waals surface area contributed by atoms with Gasteiger partial charge in [-0.2, -0.15) is 4.31 Å². The summed E-state index contributed by atoms with van der Waals surface area (Å²) in [7, 11) is -3.47. The minimum absolute atomic E-state index is 0.0603. The van der Waals surface area contributed by atoms with E-state index >= 15 is 0 Å². The van der Waals surface area contributed by atoms with Gasteiger partial charge in [-0.1, -0.05) is 24.3 Å². The number of thiophene rings is 1. The molecule has 0 bridgehead atoms. The second-order valence-corrected chi connectivity index (χ2v) is 9.48. The van der Waals surface area contributed by atoms with Crippen molar-refractivity contribution >= 4 is 39.0 Å². The first-order chi connectivity index (χ1) is 11.6. The van der Waals surface area contributed by atoms with Gasteiger partial charge in [0.1, 0.15) is 0 Å². The smallest absolute Gasteiger partial charge is 0.243 e. The van der Waals surface area contributed by atoms with Crippen molar-refractivity contribution in [3.8, 4) is 0 Å². The zero-order chi connectivity index (χ0) is 17.0. The average molecular weight is 383 g/mol. The third kappa shape index (κ3) is 4.00. The number of rotatable bonds is 5. The Morgan fingerprint density at radius 3 is 2.38 bits per heavy atom. The summed E-state index contributed by atoms with van der Waals surface area (Å²) in [6.45, 7) is 1.56. The lowest BCUT2D eigenvalue weighted by atomic mass is 10.3. The van der Waals surface area contributed by atoms with Crippen LogP contribution in [0.1, 0.15) is 0 Å². The van der Waals surface area contributed by atoms with E-state index in [4.69, 9.17) is 0 Å². The Labute approximate surface area is 150 Å². The highest BCUT2D eigenvalue weighted by atomic mass is 32.2. The van der Waals surface area contributed by atoms with Crippen molar-refractivity contribution in [3.05, 3.63) is 47.8 Å². The van der Waals surface area contributed by atoms with Crippen molar-refractivity contribution in [1.29, 1.82) is 0 Å². The number of hydrogen-bond acceptors (Lipinski definition) is 5. The number of sulfonamides is 1. The Balaban J connectivity index is 1.54. The van der Waals surface area contributed by atoms with E-state index in [1.54, 1.807) is 46.6 Å². The summed E-state index contributed by atoms with van der Waals surface area (Å²) in [4.78, 5) is 14.3. The van der Waals surface area contributed by atoms with Crippen molar-refractivity contribution in [3.63, 3.8) is 0 Å². The average Bonchev–Trinajstić information content (AvgIpc) is 3.14. The van der Waals surface area contributed by atoms with Crippen LogP contribution in [-0.4, -0.2) is 55.5 Å². The molecule has 1 saturated heterocycles. The molecular weight excluding hydrogens is 364 g/mol. The van der Waals surface area contributed by atoms with Crippen LogP contribution in [0.5, 0.6) is 0 Å². The van der Waals surface area contributed by atoms with Crippen molar-refractivity contribution in [2.24, 2.45) is 0 Å². The molecule has 1 aliphatic rings. The zero-order valence-corrected chi connectivity index (χ0v) is 15.4. The molecule has 0 atom stereocenters. The molecule has 2 heterocycles. The summed E-state index contributed by atoms with van der Waals surface area (Å²) in [6.07, 6.45) is 0. The summed E-state index contributed by atoms with van der Waals surface area (Å²) in [6, 6.07) is 12.4. The summed E-state index contributed by atoms with van der Waals surface area (Å²) < 4.78 is 27.7. The van der Waals surface area contributed by atoms with Crippen LogP contribution in [-0.2, 0) is 14.8 Å². The first-order valence-electron chi connectivity index (χ1n) is 7.56. The molecule has 1 amide bonds. The summed E-state index contributed by atoms with van der Waals surface area (Å²) in [5, 5.41) is 1.99. The molecule has 1 fully saturated rings. The maximum absolute atomic E-state index is 12.6. The van der Waals surface area contributed by atoms with E-state index in [0.29, 0.717) is 36.8 Å². The van der Waals surface area contributed by atoms with Crippen LogP contribution < -0.4 is 0 Å². The highest BCUT2D eigenvalue weighted by Crippen LogP contribution is 2.24. The van der Waals surface area contributed by atoms with Crippen molar-refractivity contribution < 1.29 is 13.2 Å². The number of benzene rings is 1. The Morgan fingerprint density at radius 2 is 1.75 bits per heavy atom. The van der Waals surface area contributed by atoms with Crippen LogP contribution in [0.3, 0.4) is 0 Å². The lowest BCUT2D eigenvalue weighted by Gasteiger charge is -2.34. The van der Waals surface area contributed by atoms with Gasteiger partial charge < -0.3 is 4.90 Å². The van der Waals surface area contributed by atoms with Gasteiger partial charge in [0.25, 0.3) is 0 Å². The first kappa shape index (κ1) is 17.5. The first-order valence-corrected chi connectivity index (χ1v) is 10.9. The van der Waals surface area contributed by atoms with Gasteiger partial charge in [-0.3, -0.25) is 4.79 Å². The Kier molecular flexibility index (Phi) is 5.60. The van der Waals surface area contributed by atoms with Crippen LogP contribution in [0.2, 0.25) is 0 Å². The van der Waals surface area contributed by atoms with E-state index in [9.17, 15) is 13.2 Å². The molecular formula is C16H18N2O3S3. The molecule has 1 aliphatic heterocycles. The van der Waals surface area contributed by atoms with E-state index in [0.717, 1.165) is 4.21 Å². The minimum Gasteiger partial charge on any atom is -0.339 e. The SMILES string of the molecule is O=C(CSc1cccs1)N1CCN(S(=O)(=O)c2ccccc2)CC1. The van der Waals surface area contributed by atoms with E-state index in [1.165, 1.54) is 16.1 Å². The topological polar surface area (TPSA) is 57.7 Å². The summed E-state index contributed by atoms with van der Waals surface area (Å²) in [5.74, 6) is 0.455. The predicted molar refractivity (Wildman–Crippen MR) is 96.8 cm³/mol. The molecule has 0 radical (unpaired) electrons. The number of nitrogens with zero attached hydrogens (tertiary/aromatic N) is 2. The number of piperazine rings is 1. The van der Waals surface area contributed by atoms with Crippen molar-refractivity contribution in [2.75, 3.05) is 31.9 Å². The maximum atomic E-state index is 12.6. The highest BCUT2D eigenvalue weighted by Gasteiger charge is 2.29. The van der Waals surface area contributed by atoms with Crippen molar-refractivity contribution in [2.45, 2.75) is 9.10 Å². The molecule has 2 aromatic rings. The molecule has 0 unspecified atom stereocenters. The number of amides is 1. The van der Waals surface area contributed by atoms with Gasteiger partial charge in [-0.15, -0.1) is 23.1 Å². The molecule has 0 saturated carbocycles. The lowest BCUT2D eigenvalue weighted by molar-refractivity contribution is -0.129. The summed E-state index contributed by atoms with van der Waals surface area (Å²) in [5.41, 5.74) is 0. The van der Waals surface area contributed by atoms with Gasteiger partial charge in [0.15, 0.2) is 0 Å². The van der Waals surface area contributed by atoms with Gasteiger partial charge in [-0.05, 0) is 23.6 Å². The standard InChI is InChI=1S/C16H18N2O3S3/c19-15(13-23-16-7-4-12-22-16)17-8-10-18(11-9-17)24(20,21)14-5-2-1-3-6-14/h1-7,12H,8-11,13H2.